The van der Waals surface area contributed by atoms with E-state index in [1.54, 1.807) is 17.0 Å². The molecule has 0 bridgehead atoms. The summed E-state index contributed by atoms with van der Waals surface area (Å²) >= 11 is 0. The summed E-state index contributed by atoms with van der Waals surface area (Å²) in [6.07, 6.45) is 3.01. The van der Waals surface area contributed by atoms with Crippen LogP contribution in [0.25, 0.3) is 0 Å². The van der Waals surface area contributed by atoms with Gasteiger partial charge < -0.3 is 9.64 Å². The van der Waals surface area contributed by atoms with Crippen molar-refractivity contribution in [2.24, 2.45) is 0 Å². The van der Waals surface area contributed by atoms with Crippen LogP contribution in [0.5, 0.6) is 0 Å². The number of esters is 1. The quantitative estimate of drug-likeness (QED) is 0.725. The van der Waals surface area contributed by atoms with Gasteiger partial charge in [-0.1, -0.05) is 25.0 Å². The highest BCUT2D eigenvalue weighted by Crippen LogP contribution is 2.14. The summed E-state index contributed by atoms with van der Waals surface area (Å²) in [7, 11) is -4.05. The molecule has 1 fully saturated rings. The molecule has 0 spiro atoms. The van der Waals surface area contributed by atoms with E-state index in [0.717, 1.165) is 25.7 Å². The molecule has 146 valence electrons. The molecule has 1 atom stereocenters. The Morgan fingerprint density at radius 3 is 2.48 bits per heavy atom. The van der Waals surface area contributed by atoms with Crippen molar-refractivity contribution in [3.05, 3.63) is 29.8 Å². The summed E-state index contributed by atoms with van der Waals surface area (Å²) in [5.41, 5.74) is -0.0249. The van der Waals surface area contributed by atoms with E-state index in [1.165, 1.54) is 25.1 Å². The molecule has 2 rings (SSSR count). The monoisotopic (exact) mass is 393 g/mol. The molecule has 1 heterocycles. The Hall–Kier alpha value is -2.44. The number of sulfonamides is 1. The van der Waals surface area contributed by atoms with Gasteiger partial charge in [-0.05, 0) is 31.9 Å². The standard InChI is InChI=1S/C18H23N3O5S/c1-14(18(23)21-10-6-2-3-7-11-21)26-17(22)13-20-27(24,25)16-9-5-4-8-15(16)12-19/h4-5,8-9,14,20H,2-3,6-7,10-11,13H2,1H3/t14-/m0/s1. The molecule has 0 saturated carbocycles. The van der Waals surface area contributed by atoms with E-state index >= 15 is 0 Å². The van der Waals surface area contributed by atoms with E-state index < -0.39 is 28.6 Å². The number of carbonyl (C=O) groups excluding carboxylic acids is 2. The van der Waals surface area contributed by atoms with Crippen molar-refractivity contribution in [2.75, 3.05) is 19.6 Å². The van der Waals surface area contributed by atoms with Crippen LogP contribution < -0.4 is 4.72 Å². The summed E-state index contributed by atoms with van der Waals surface area (Å²) in [5, 5.41) is 9.01. The number of benzene rings is 1. The maximum Gasteiger partial charge on any atom is 0.321 e. The van der Waals surface area contributed by atoms with Gasteiger partial charge in [0.2, 0.25) is 10.0 Å². The number of amides is 1. The van der Waals surface area contributed by atoms with E-state index in [-0.39, 0.29) is 16.4 Å². The summed E-state index contributed by atoms with van der Waals surface area (Å²) in [6, 6.07) is 7.46. The number of hydrogen-bond acceptors (Lipinski definition) is 6. The molecular formula is C18H23N3O5S. The molecule has 0 aromatic heterocycles. The van der Waals surface area contributed by atoms with Crippen molar-refractivity contribution in [3.63, 3.8) is 0 Å². The first-order chi connectivity index (χ1) is 12.8. The maximum atomic E-state index is 12.4. The third-order valence-corrected chi connectivity index (χ3v) is 5.74. The van der Waals surface area contributed by atoms with Gasteiger partial charge in [0, 0.05) is 13.1 Å². The molecule has 1 aliphatic rings. The first-order valence-corrected chi connectivity index (χ1v) is 10.3. The van der Waals surface area contributed by atoms with Crippen LogP contribution in [-0.2, 0) is 24.3 Å². The fourth-order valence-electron chi connectivity index (χ4n) is 2.86. The van der Waals surface area contributed by atoms with Gasteiger partial charge >= 0.3 is 5.97 Å². The predicted molar refractivity (Wildman–Crippen MR) is 96.9 cm³/mol. The van der Waals surface area contributed by atoms with Crippen LogP contribution in [0.2, 0.25) is 0 Å². The van der Waals surface area contributed by atoms with Crippen LogP contribution in [0.1, 0.15) is 38.2 Å². The zero-order valence-electron chi connectivity index (χ0n) is 15.2. The van der Waals surface area contributed by atoms with Crippen LogP contribution >= 0.6 is 0 Å². The molecule has 8 nitrogen and oxygen atoms in total. The molecule has 27 heavy (non-hydrogen) atoms. The lowest BCUT2D eigenvalue weighted by Gasteiger charge is -2.24. The summed E-state index contributed by atoms with van der Waals surface area (Å²) in [5.74, 6) is -1.13. The molecule has 0 unspecified atom stereocenters. The molecule has 1 N–H and O–H groups in total. The lowest BCUT2D eigenvalue weighted by atomic mass is 10.2. The lowest BCUT2D eigenvalue weighted by molar-refractivity contribution is -0.158. The van der Waals surface area contributed by atoms with Crippen LogP contribution in [0, 0.1) is 11.3 Å². The minimum Gasteiger partial charge on any atom is -0.452 e. The topological polar surface area (TPSA) is 117 Å². The minimum atomic E-state index is -4.05. The first-order valence-electron chi connectivity index (χ1n) is 8.82. The number of nitrogens with zero attached hydrogens (tertiary/aromatic N) is 2. The van der Waals surface area contributed by atoms with Crippen molar-refractivity contribution in [1.29, 1.82) is 5.26 Å². The van der Waals surface area contributed by atoms with Gasteiger partial charge in [0.25, 0.3) is 5.91 Å². The Kier molecular flexibility index (Phi) is 7.33. The fraction of sp³-hybridized carbons (Fsp3) is 0.500. The van der Waals surface area contributed by atoms with Gasteiger partial charge in [-0.3, -0.25) is 9.59 Å². The SMILES string of the molecule is C[C@H](OC(=O)CNS(=O)(=O)c1ccccc1C#N)C(=O)N1CCCCCC1. The minimum absolute atomic E-state index is 0.0249. The zero-order chi connectivity index (χ0) is 19.9. The van der Waals surface area contributed by atoms with Crippen molar-refractivity contribution in [3.8, 4) is 6.07 Å². The van der Waals surface area contributed by atoms with Crippen molar-refractivity contribution in [1.82, 2.24) is 9.62 Å². The highest BCUT2D eigenvalue weighted by Gasteiger charge is 2.25. The first kappa shape index (κ1) is 20.9. The molecular weight excluding hydrogens is 370 g/mol. The highest BCUT2D eigenvalue weighted by molar-refractivity contribution is 7.89. The molecule has 0 radical (unpaired) electrons. The van der Waals surface area contributed by atoms with E-state index in [2.05, 4.69) is 4.72 Å². The number of rotatable bonds is 6. The Morgan fingerprint density at radius 2 is 1.85 bits per heavy atom. The molecule has 1 aromatic rings. The largest absolute Gasteiger partial charge is 0.452 e. The number of ether oxygens (including phenoxy) is 1. The number of hydrogen-bond donors (Lipinski definition) is 1. The number of nitriles is 1. The second kappa shape index (κ2) is 9.48. The number of carbonyl (C=O) groups is 2. The summed E-state index contributed by atoms with van der Waals surface area (Å²) < 4.78 is 31.7. The molecule has 0 aliphatic carbocycles. The van der Waals surface area contributed by atoms with E-state index in [1.807, 2.05) is 0 Å². The molecule has 1 saturated heterocycles. The van der Waals surface area contributed by atoms with Crippen molar-refractivity contribution in [2.45, 2.75) is 43.6 Å². The van der Waals surface area contributed by atoms with Gasteiger partial charge in [-0.15, -0.1) is 0 Å². The highest BCUT2D eigenvalue weighted by atomic mass is 32.2. The normalized spacial score (nSPS) is 16.1. The Morgan fingerprint density at radius 1 is 1.22 bits per heavy atom. The van der Waals surface area contributed by atoms with Gasteiger partial charge in [0.05, 0.1) is 10.5 Å². The van der Waals surface area contributed by atoms with E-state index in [4.69, 9.17) is 10.00 Å². The smallest absolute Gasteiger partial charge is 0.321 e. The van der Waals surface area contributed by atoms with Crippen molar-refractivity contribution < 1.29 is 22.7 Å². The summed E-state index contributed by atoms with van der Waals surface area (Å²) in [6.45, 7) is 2.13. The number of likely N-dealkylation sites (tertiary alicyclic amines) is 1. The van der Waals surface area contributed by atoms with Crippen LogP contribution in [-0.4, -0.2) is 50.9 Å². The Balaban J connectivity index is 1.91. The number of nitrogens with one attached hydrogen (secondary N) is 1. The third kappa shape index (κ3) is 5.77. The molecule has 1 aliphatic heterocycles. The van der Waals surface area contributed by atoms with Crippen LogP contribution in [0.15, 0.2) is 29.2 Å². The summed E-state index contributed by atoms with van der Waals surface area (Å²) in [4.78, 5) is 25.8. The Bertz CT molecular complexity index is 824. The molecule has 1 amide bonds. The van der Waals surface area contributed by atoms with E-state index in [9.17, 15) is 18.0 Å². The van der Waals surface area contributed by atoms with Gasteiger partial charge in [-0.2, -0.15) is 9.98 Å². The third-order valence-electron chi connectivity index (χ3n) is 4.28. The molecule has 9 heteroatoms. The Labute approximate surface area is 159 Å². The average Bonchev–Trinajstić information content (AvgIpc) is 2.95. The van der Waals surface area contributed by atoms with E-state index in [0.29, 0.717) is 13.1 Å². The zero-order valence-corrected chi connectivity index (χ0v) is 16.0. The van der Waals surface area contributed by atoms with Crippen LogP contribution in [0.4, 0.5) is 0 Å². The van der Waals surface area contributed by atoms with Crippen LogP contribution in [0.3, 0.4) is 0 Å². The van der Waals surface area contributed by atoms with Gasteiger partial charge in [0.15, 0.2) is 6.10 Å². The van der Waals surface area contributed by atoms with Gasteiger partial charge in [0.1, 0.15) is 12.6 Å². The van der Waals surface area contributed by atoms with Gasteiger partial charge in [-0.25, -0.2) is 8.42 Å². The lowest BCUT2D eigenvalue weighted by Crippen LogP contribution is -2.42. The maximum absolute atomic E-state index is 12.4. The second-order valence-corrected chi connectivity index (χ2v) is 8.04. The van der Waals surface area contributed by atoms with Crippen molar-refractivity contribution >= 4 is 21.9 Å². The predicted octanol–water partition coefficient (Wildman–Crippen LogP) is 1.17. The second-order valence-electron chi connectivity index (χ2n) is 6.30. The average molecular weight is 393 g/mol. The molecule has 1 aromatic carbocycles. The fourth-order valence-corrected chi connectivity index (χ4v) is 3.99.